The lowest BCUT2D eigenvalue weighted by Gasteiger charge is -2.29. The molecule has 1 fully saturated rings. The second kappa shape index (κ2) is 7.53. The molecule has 1 aromatic carbocycles. The molecule has 7 heteroatoms. The van der Waals surface area contributed by atoms with Crippen molar-refractivity contribution in [2.75, 3.05) is 21.3 Å². The van der Waals surface area contributed by atoms with E-state index in [1.165, 1.54) is 12.2 Å². The predicted molar refractivity (Wildman–Crippen MR) is 99.0 cm³/mol. The fraction of sp³-hybridized carbons (Fsp3) is 0.579. The normalized spacial score (nSPS) is 20.3. The molecule has 7 nitrogen and oxygen atoms in total. The second-order valence-corrected chi connectivity index (χ2v) is 7.04. The Morgan fingerprint density at radius 2 is 1.88 bits per heavy atom. The molecule has 2 aromatic rings. The van der Waals surface area contributed by atoms with Crippen molar-refractivity contribution in [1.82, 2.24) is 14.2 Å². The summed E-state index contributed by atoms with van der Waals surface area (Å²) in [5.74, 6) is 1.19. The lowest BCUT2D eigenvalue weighted by Crippen LogP contribution is -2.35. The number of aromatic nitrogens is 2. The van der Waals surface area contributed by atoms with E-state index in [1.54, 1.807) is 25.8 Å². The minimum Gasteiger partial charge on any atom is -0.497 e. The molecule has 0 spiro atoms. The molecule has 0 N–H and O–H groups in total. The molecule has 0 bridgehead atoms. The summed E-state index contributed by atoms with van der Waals surface area (Å²) in [6.45, 7) is 0.671. The molecule has 0 aliphatic heterocycles. The number of benzene rings is 1. The number of hydrogen-bond acceptors (Lipinski definition) is 4. The number of hydrogen-bond donors (Lipinski definition) is 0. The molecule has 142 valence electrons. The van der Waals surface area contributed by atoms with Crippen molar-refractivity contribution in [2.24, 2.45) is 18.9 Å². The number of amides is 1. The maximum Gasteiger partial charge on any atom is 0.328 e. The lowest BCUT2D eigenvalue weighted by molar-refractivity contribution is -0.174. The quantitative estimate of drug-likeness (QED) is 0.766. The van der Waals surface area contributed by atoms with Crippen LogP contribution in [0.25, 0.3) is 11.0 Å². The molecule has 0 saturated heterocycles. The van der Waals surface area contributed by atoms with E-state index in [1.807, 2.05) is 22.8 Å². The summed E-state index contributed by atoms with van der Waals surface area (Å²) >= 11 is 0. The number of ether oxygens (including phenoxy) is 1. The Morgan fingerprint density at radius 3 is 2.50 bits per heavy atom. The van der Waals surface area contributed by atoms with Crippen LogP contribution in [-0.4, -0.2) is 41.4 Å². The molecule has 0 unspecified atom stereocenters. The summed E-state index contributed by atoms with van der Waals surface area (Å²) in [6.07, 6.45) is 3.53. The van der Waals surface area contributed by atoms with Crippen LogP contribution >= 0.6 is 0 Å². The van der Waals surface area contributed by atoms with E-state index in [2.05, 4.69) is 0 Å². The fourth-order valence-corrected chi connectivity index (χ4v) is 3.89. The smallest absolute Gasteiger partial charge is 0.328 e. The molecular formula is C19H27N3O4. The topological polar surface area (TPSA) is 65.7 Å². The van der Waals surface area contributed by atoms with Gasteiger partial charge in [-0.15, -0.1) is 0 Å². The molecule has 1 aromatic heterocycles. The van der Waals surface area contributed by atoms with Crippen LogP contribution in [0.4, 0.5) is 0 Å². The van der Waals surface area contributed by atoms with Crippen molar-refractivity contribution in [3.8, 4) is 5.75 Å². The summed E-state index contributed by atoms with van der Waals surface area (Å²) in [7, 11) is 6.58. The Balaban J connectivity index is 1.75. The number of rotatable bonds is 5. The number of aryl methyl sites for hydroxylation is 1. The minimum absolute atomic E-state index is 0.00873. The van der Waals surface area contributed by atoms with E-state index >= 15 is 0 Å². The largest absolute Gasteiger partial charge is 0.497 e. The highest BCUT2D eigenvalue weighted by molar-refractivity contribution is 5.78. The average Bonchev–Trinajstić information content (AvgIpc) is 2.91. The van der Waals surface area contributed by atoms with E-state index in [0.29, 0.717) is 12.5 Å². The van der Waals surface area contributed by atoms with Crippen molar-refractivity contribution >= 4 is 16.9 Å². The molecule has 1 amide bonds. The third-order valence-electron chi connectivity index (χ3n) is 5.57. The van der Waals surface area contributed by atoms with Crippen LogP contribution in [0, 0.1) is 11.8 Å². The van der Waals surface area contributed by atoms with Gasteiger partial charge in [0.2, 0.25) is 5.91 Å². The second-order valence-electron chi connectivity index (χ2n) is 7.04. The molecule has 1 aliphatic carbocycles. The Kier molecular flexibility index (Phi) is 5.36. The SMILES string of the molecule is COc1ccc2c(c1)n(CC1CCC(C(=O)N(C)OC)CC1)c(=O)n2C. The molecule has 1 heterocycles. The van der Waals surface area contributed by atoms with E-state index in [0.717, 1.165) is 42.5 Å². The van der Waals surface area contributed by atoms with Gasteiger partial charge in [-0.1, -0.05) is 0 Å². The summed E-state index contributed by atoms with van der Waals surface area (Å²) in [5, 5.41) is 1.31. The number of methoxy groups -OCH3 is 1. The summed E-state index contributed by atoms with van der Waals surface area (Å²) in [5.41, 5.74) is 1.79. The molecule has 26 heavy (non-hydrogen) atoms. The van der Waals surface area contributed by atoms with Gasteiger partial charge in [0.05, 0.1) is 25.3 Å². The Morgan fingerprint density at radius 1 is 1.19 bits per heavy atom. The van der Waals surface area contributed by atoms with Gasteiger partial charge in [-0.2, -0.15) is 0 Å². The first kappa shape index (κ1) is 18.5. The van der Waals surface area contributed by atoms with E-state index in [4.69, 9.17) is 9.57 Å². The minimum atomic E-state index is -0.00873. The fourth-order valence-electron chi connectivity index (χ4n) is 3.89. The Labute approximate surface area is 153 Å². The number of nitrogens with zero attached hydrogens (tertiary/aromatic N) is 3. The van der Waals surface area contributed by atoms with Crippen LogP contribution < -0.4 is 10.4 Å². The van der Waals surface area contributed by atoms with Gasteiger partial charge in [0, 0.05) is 32.6 Å². The highest BCUT2D eigenvalue weighted by Gasteiger charge is 2.29. The molecule has 1 aliphatic rings. The summed E-state index contributed by atoms with van der Waals surface area (Å²) in [4.78, 5) is 29.9. The third kappa shape index (κ3) is 3.35. The van der Waals surface area contributed by atoms with Gasteiger partial charge in [0.25, 0.3) is 0 Å². The van der Waals surface area contributed by atoms with Crippen LogP contribution in [0.2, 0.25) is 0 Å². The van der Waals surface area contributed by atoms with Gasteiger partial charge in [0.1, 0.15) is 5.75 Å². The maximum absolute atomic E-state index is 12.7. The molecular weight excluding hydrogens is 334 g/mol. The van der Waals surface area contributed by atoms with Gasteiger partial charge in [-0.25, -0.2) is 9.86 Å². The van der Waals surface area contributed by atoms with Gasteiger partial charge in [-0.05, 0) is 43.7 Å². The zero-order valence-corrected chi connectivity index (χ0v) is 15.9. The maximum atomic E-state index is 12.7. The molecule has 0 radical (unpaired) electrons. The van der Waals surface area contributed by atoms with Crippen LogP contribution in [0.15, 0.2) is 23.0 Å². The zero-order chi connectivity index (χ0) is 18.8. The van der Waals surface area contributed by atoms with Gasteiger partial charge < -0.3 is 4.74 Å². The number of hydroxylamine groups is 2. The molecule has 0 atom stereocenters. The number of imidazole rings is 1. The first-order valence-electron chi connectivity index (χ1n) is 9.01. The van der Waals surface area contributed by atoms with Crippen LogP contribution in [0.1, 0.15) is 25.7 Å². The van der Waals surface area contributed by atoms with Crippen LogP contribution in [0.5, 0.6) is 5.75 Å². The standard InChI is InChI=1S/C19H27N3O4/c1-20-16-10-9-15(25-3)11-17(16)22(19(20)24)12-13-5-7-14(8-6-13)18(23)21(2)26-4/h9-11,13-14H,5-8,12H2,1-4H3. The summed E-state index contributed by atoms with van der Waals surface area (Å²) in [6, 6.07) is 5.71. The van der Waals surface area contributed by atoms with Gasteiger partial charge in [-0.3, -0.25) is 18.8 Å². The van der Waals surface area contributed by atoms with Crippen molar-refractivity contribution in [3.05, 3.63) is 28.7 Å². The van der Waals surface area contributed by atoms with Crippen molar-refractivity contribution in [2.45, 2.75) is 32.2 Å². The van der Waals surface area contributed by atoms with Crippen molar-refractivity contribution < 1.29 is 14.4 Å². The van der Waals surface area contributed by atoms with E-state index in [9.17, 15) is 9.59 Å². The predicted octanol–water partition coefficient (Wildman–Crippen LogP) is 2.17. The van der Waals surface area contributed by atoms with E-state index < -0.39 is 0 Å². The third-order valence-corrected chi connectivity index (χ3v) is 5.57. The van der Waals surface area contributed by atoms with Gasteiger partial charge in [0.15, 0.2) is 0 Å². The lowest BCUT2D eigenvalue weighted by atomic mass is 9.81. The van der Waals surface area contributed by atoms with E-state index in [-0.39, 0.29) is 17.5 Å². The summed E-state index contributed by atoms with van der Waals surface area (Å²) < 4.78 is 8.83. The van der Waals surface area contributed by atoms with Crippen molar-refractivity contribution in [3.63, 3.8) is 0 Å². The zero-order valence-electron chi connectivity index (χ0n) is 15.9. The molecule has 3 rings (SSSR count). The first-order valence-corrected chi connectivity index (χ1v) is 9.01. The highest BCUT2D eigenvalue weighted by atomic mass is 16.7. The highest BCUT2D eigenvalue weighted by Crippen LogP contribution is 2.31. The average molecular weight is 361 g/mol. The first-order chi connectivity index (χ1) is 12.5. The van der Waals surface area contributed by atoms with Crippen LogP contribution in [-0.2, 0) is 23.2 Å². The van der Waals surface area contributed by atoms with Crippen molar-refractivity contribution in [1.29, 1.82) is 0 Å². The van der Waals surface area contributed by atoms with Crippen LogP contribution in [0.3, 0.4) is 0 Å². The Bertz CT molecular complexity index is 846. The number of carbonyl (C=O) groups excluding carboxylic acids is 1. The number of carbonyl (C=O) groups is 1. The van der Waals surface area contributed by atoms with Gasteiger partial charge >= 0.3 is 5.69 Å². The monoisotopic (exact) mass is 361 g/mol. The molecule has 1 saturated carbocycles. The number of fused-ring (bicyclic) bond motifs is 1. The Hall–Kier alpha value is -2.28.